The van der Waals surface area contributed by atoms with Crippen molar-refractivity contribution in [1.82, 2.24) is 25.0 Å². The summed E-state index contributed by atoms with van der Waals surface area (Å²) in [5.74, 6) is 0.191. The van der Waals surface area contributed by atoms with E-state index in [0.717, 1.165) is 6.42 Å². The summed E-state index contributed by atoms with van der Waals surface area (Å²) in [6.45, 7) is 3.15. The van der Waals surface area contributed by atoms with Crippen LogP contribution in [-0.2, 0) is 11.8 Å². The molecule has 0 spiro atoms. The van der Waals surface area contributed by atoms with Crippen LogP contribution in [0.1, 0.15) is 38.1 Å². The summed E-state index contributed by atoms with van der Waals surface area (Å²) in [6, 6.07) is -0.355. The fourth-order valence-electron chi connectivity index (χ4n) is 2.61. The van der Waals surface area contributed by atoms with E-state index < -0.39 is 5.97 Å². The van der Waals surface area contributed by atoms with Crippen LogP contribution in [-0.4, -0.2) is 49.9 Å². The van der Waals surface area contributed by atoms with Gasteiger partial charge < -0.3 is 19.9 Å². The van der Waals surface area contributed by atoms with Gasteiger partial charge in [-0.1, -0.05) is 0 Å². The zero-order chi connectivity index (χ0) is 15.4. The van der Waals surface area contributed by atoms with E-state index in [0.29, 0.717) is 25.3 Å². The van der Waals surface area contributed by atoms with Gasteiger partial charge in [-0.05, 0) is 25.7 Å². The molecule has 1 aliphatic heterocycles. The molecule has 2 atom stereocenters. The third kappa shape index (κ3) is 3.93. The maximum absolute atomic E-state index is 12.2. The standard InChI is InChI=1S/C13H21N5O3/c1-9(12-16-14-8-17(12)2)15-13(21)18-6-5-10(7-18)3-4-11(19)20/h8-10H,3-7H2,1-2H3,(H,15,21)(H,19,20). The lowest BCUT2D eigenvalue weighted by molar-refractivity contribution is -0.137. The molecular weight excluding hydrogens is 274 g/mol. The van der Waals surface area contributed by atoms with Gasteiger partial charge in [-0.25, -0.2) is 4.79 Å². The van der Waals surface area contributed by atoms with E-state index in [1.807, 2.05) is 14.0 Å². The number of likely N-dealkylation sites (tertiary alicyclic amines) is 1. The van der Waals surface area contributed by atoms with Crippen molar-refractivity contribution in [3.8, 4) is 0 Å². The van der Waals surface area contributed by atoms with Crippen LogP contribution in [0.5, 0.6) is 0 Å². The van der Waals surface area contributed by atoms with Crippen LogP contribution in [0.2, 0.25) is 0 Å². The van der Waals surface area contributed by atoms with Crippen LogP contribution in [0.4, 0.5) is 4.79 Å². The highest BCUT2D eigenvalue weighted by Crippen LogP contribution is 2.21. The summed E-state index contributed by atoms with van der Waals surface area (Å²) in [7, 11) is 1.83. The Morgan fingerprint density at radius 3 is 2.95 bits per heavy atom. The van der Waals surface area contributed by atoms with E-state index in [1.165, 1.54) is 0 Å². The first-order valence-electron chi connectivity index (χ1n) is 7.08. The Balaban J connectivity index is 1.82. The van der Waals surface area contributed by atoms with E-state index in [-0.39, 0.29) is 24.4 Å². The van der Waals surface area contributed by atoms with Gasteiger partial charge in [0.1, 0.15) is 6.33 Å². The highest BCUT2D eigenvalue weighted by atomic mass is 16.4. The van der Waals surface area contributed by atoms with Crippen LogP contribution in [0, 0.1) is 5.92 Å². The highest BCUT2D eigenvalue weighted by molar-refractivity contribution is 5.74. The third-order valence-electron chi connectivity index (χ3n) is 3.81. The van der Waals surface area contributed by atoms with Crippen molar-refractivity contribution in [2.45, 2.75) is 32.2 Å². The summed E-state index contributed by atoms with van der Waals surface area (Å²) in [5.41, 5.74) is 0. The number of rotatable bonds is 5. The molecule has 0 aromatic carbocycles. The Bertz CT molecular complexity index is 516. The molecule has 1 fully saturated rings. The number of nitrogens with one attached hydrogen (secondary N) is 1. The molecule has 0 bridgehead atoms. The minimum Gasteiger partial charge on any atom is -0.481 e. The predicted molar refractivity (Wildman–Crippen MR) is 74.5 cm³/mol. The highest BCUT2D eigenvalue weighted by Gasteiger charge is 2.27. The van der Waals surface area contributed by atoms with Crippen molar-refractivity contribution in [1.29, 1.82) is 0 Å². The second-order valence-electron chi connectivity index (χ2n) is 5.50. The monoisotopic (exact) mass is 295 g/mol. The lowest BCUT2D eigenvalue weighted by atomic mass is 10.0. The van der Waals surface area contributed by atoms with Crippen molar-refractivity contribution in [3.63, 3.8) is 0 Å². The molecule has 2 heterocycles. The Labute approximate surface area is 123 Å². The molecule has 8 heteroatoms. The molecule has 2 N–H and O–H groups in total. The zero-order valence-corrected chi connectivity index (χ0v) is 12.3. The first-order chi connectivity index (χ1) is 9.97. The average Bonchev–Trinajstić information content (AvgIpc) is 3.04. The number of aliphatic carboxylic acids is 1. The number of amides is 2. The number of aryl methyl sites for hydroxylation is 1. The first kappa shape index (κ1) is 15.3. The SMILES string of the molecule is CC(NC(=O)N1CCC(CCC(=O)O)C1)c1nncn1C. The Morgan fingerprint density at radius 1 is 1.57 bits per heavy atom. The average molecular weight is 295 g/mol. The first-order valence-corrected chi connectivity index (χ1v) is 7.08. The summed E-state index contributed by atoms with van der Waals surface area (Å²) in [6.07, 6.45) is 3.24. The summed E-state index contributed by atoms with van der Waals surface area (Å²) < 4.78 is 1.77. The smallest absolute Gasteiger partial charge is 0.317 e. The van der Waals surface area contributed by atoms with Crippen LogP contribution in [0.25, 0.3) is 0 Å². The van der Waals surface area contributed by atoms with Gasteiger partial charge in [-0.2, -0.15) is 0 Å². The van der Waals surface area contributed by atoms with E-state index in [9.17, 15) is 9.59 Å². The van der Waals surface area contributed by atoms with E-state index in [2.05, 4.69) is 15.5 Å². The molecule has 2 unspecified atom stereocenters. The van der Waals surface area contributed by atoms with E-state index in [1.54, 1.807) is 15.8 Å². The van der Waals surface area contributed by atoms with Crippen LogP contribution >= 0.6 is 0 Å². The van der Waals surface area contributed by atoms with Gasteiger partial charge >= 0.3 is 12.0 Å². The van der Waals surface area contributed by atoms with Crippen molar-refractivity contribution in [2.24, 2.45) is 13.0 Å². The number of hydrogen-bond donors (Lipinski definition) is 2. The largest absolute Gasteiger partial charge is 0.481 e. The lowest BCUT2D eigenvalue weighted by Crippen LogP contribution is -2.40. The van der Waals surface area contributed by atoms with Crippen molar-refractivity contribution in [3.05, 3.63) is 12.2 Å². The van der Waals surface area contributed by atoms with Crippen molar-refractivity contribution in [2.75, 3.05) is 13.1 Å². The Kier molecular flexibility index (Phi) is 4.77. The molecule has 1 aromatic heterocycles. The molecule has 21 heavy (non-hydrogen) atoms. The normalized spacial score (nSPS) is 19.5. The van der Waals surface area contributed by atoms with Crippen LogP contribution < -0.4 is 5.32 Å². The van der Waals surface area contributed by atoms with Crippen LogP contribution in [0.3, 0.4) is 0 Å². The number of carboxylic acid groups (broad SMARTS) is 1. The number of urea groups is 1. The number of nitrogens with zero attached hydrogens (tertiary/aromatic N) is 4. The molecule has 2 amide bonds. The van der Waals surface area contributed by atoms with Crippen LogP contribution in [0.15, 0.2) is 6.33 Å². The number of carbonyl (C=O) groups is 2. The second-order valence-corrected chi connectivity index (χ2v) is 5.50. The van der Waals surface area contributed by atoms with Gasteiger partial charge in [0.15, 0.2) is 5.82 Å². The van der Waals surface area contributed by atoms with Gasteiger partial charge in [-0.15, -0.1) is 10.2 Å². The molecule has 0 radical (unpaired) electrons. The Hall–Kier alpha value is -2.12. The van der Waals surface area contributed by atoms with Gasteiger partial charge in [0.05, 0.1) is 6.04 Å². The van der Waals surface area contributed by atoms with Gasteiger partial charge in [0, 0.05) is 26.6 Å². The topological polar surface area (TPSA) is 100 Å². The Morgan fingerprint density at radius 2 is 2.33 bits per heavy atom. The third-order valence-corrected chi connectivity index (χ3v) is 3.81. The number of carboxylic acids is 1. The van der Waals surface area contributed by atoms with Gasteiger partial charge in [-0.3, -0.25) is 4.79 Å². The number of aromatic nitrogens is 3. The second kappa shape index (κ2) is 6.55. The number of carbonyl (C=O) groups excluding carboxylic acids is 1. The van der Waals surface area contributed by atoms with Gasteiger partial charge in [0.2, 0.25) is 0 Å². The maximum atomic E-state index is 12.2. The molecule has 0 aliphatic carbocycles. The van der Waals surface area contributed by atoms with Gasteiger partial charge in [0.25, 0.3) is 0 Å². The quantitative estimate of drug-likeness (QED) is 0.835. The lowest BCUT2D eigenvalue weighted by Gasteiger charge is -2.20. The predicted octanol–water partition coefficient (Wildman–Crippen LogP) is 0.772. The van der Waals surface area contributed by atoms with Crippen molar-refractivity contribution >= 4 is 12.0 Å². The summed E-state index contributed by atoms with van der Waals surface area (Å²) in [5, 5.41) is 19.4. The fraction of sp³-hybridized carbons (Fsp3) is 0.692. The number of hydrogen-bond acceptors (Lipinski definition) is 4. The fourth-order valence-corrected chi connectivity index (χ4v) is 2.61. The molecule has 8 nitrogen and oxygen atoms in total. The zero-order valence-electron chi connectivity index (χ0n) is 12.3. The van der Waals surface area contributed by atoms with E-state index in [4.69, 9.17) is 5.11 Å². The molecular formula is C13H21N5O3. The molecule has 1 aliphatic rings. The van der Waals surface area contributed by atoms with Crippen molar-refractivity contribution < 1.29 is 14.7 Å². The molecule has 116 valence electrons. The minimum atomic E-state index is -0.784. The molecule has 0 saturated carbocycles. The minimum absolute atomic E-state index is 0.136. The molecule has 1 aromatic rings. The summed E-state index contributed by atoms with van der Waals surface area (Å²) >= 11 is 0. The maximum Gasteiger partial charge on any atom is 0.317 e. The molecule has 2 rings (SSSR count). The van der Waals surface area contributed by atoms with E-state index >= 15 is 0 Å². The molecule has 1 saturated heterocycles. The summed E-state index contributed by atoms with van der Waals surface area (Å²) in [4.78, 5) is 24.5.